The molecule has 24 heavy (non-hydrogen) atoms. The van der Waals surface area contributed by atoms with Gasteiger partial charge in [0, 0.05) is 43.3 Å². The van der Waals surface area contributed by atoms with Crippen LogP contribution >= 0.6 is 70.4 Å². The molecule has 0 amide bonds. The first-order valence-corrected chi connectivity index (χ1v) is 13.2. The molecule has 2 aromatic carbocycles. The predicted molar refractivity (Wildman–Crippen MR) is 125 cm³/mol. The van der Waals surface area contributed by atoms with Crippen LogP contribution in [0.25, 0.3) is 0 Å². The van der Waals surface area contributed by atoms with E-state index < -0.39 is 0 Å². The molecule has 2 rings (SSSR count). The molecule has 0 aromatic heterocycles. The van der Waals surface area contributed by atoms with E-state index in [0.717, 1.165) is 23.0 Å². The Bertz CT molecular complexity index is 496. The Morgan fingerprint density at radius 1 is 0.583 bits per heavy atom. The van der Waals surface area contributed by atoms with Crippen molar-refractivity contribution < 1.29 is 0 Å². The maximum absolute atomic E-state index is 4.70. The summed E-state index contributed by atoms with van der Waals surface area (Å²) >= 11 is 13.2. The molecule has 0 aliphatic rings. The fourth-order valence-electron chi connectivity index (χ4n) is 1.77. The minimum Gasteiger partial charge on any atom is -0.174 e. The van der Waals surface area contributed by atoms with E-state index in [-0.39, 0.29) is 0 Å². The molecule has 0 bridgehead atoms. The molecule has 0 spiro atoms. The molecule has 0 nitrogen and oxygen atoms in total. The van der Waals surface area contributed by atoms with Gasteiger partial charge in [0.2, 0.25) is 0 Å². The van der Waals surface area contributed by atoms with E-state index in [1.165, 1.54) is 9.79 Å². The molecule has 6 heteroatoms. The average Bonchev–Trinajstić information content (AvgIpc) is 2.63. The first kappa shape index (κ1) is 20.8. The van der Waals surface area contributed by atoms with Crippen LogP contribution in [0.4, 0.5) is 0 Å². The van der Waals surface area contributed by atoms with Crippen LogP contribution in [-0.4, -0.2) is 33.5 Å². The molecule has 0 N–H and O–H groups in total. The fourth-order valence-corrected chi connectivity index (χ4v) is 7.58. The van der Waals surface area contributed by atoms with Gasteiger partial charge in [-0.1, -0.05) is 58.0 Å². The van der Waals surface area contributed by atoms with Crippen LogP contribution in [0.1, 0.15) is 0 Å². The summed E-state index contributed by atoms with van der Waals surface area (Å²) in [5, 5.41) is 0.842. The summed E-state index contributed by atoms with van der Waals surface area (Å²) < 4.78 is 0. The normalized spacial score (nSPS) is 13.6. The third kappa shape index (κ3) is 9.30. The smallest absolute Gasteiger partial charge is 0.0210 e. The lowest BCUT2D eigenvalue weighted by atomic mass is 10.4. The maximum atomic E-state index is 4.70. The van der Waals surface area contributed by atoms with E-state index in [4.69, 9.17) is 25.3 Å². The lowest BCUT2D eigenvalue weighted by Crippen LogP contribution is -2.07. The second kappa shape index (κ2) is 12.8. The highest BCUT2D eigenvalue weighted by Gasteiger charge is 2.08. The molecule has 130 valence electrons. The van der Waals surface area contributed by atoms with Gasteiger partial charge in [-0.05, 0) is 24.3 Å². The molecule has 0 radical (unpaired) electrons. The molecule has 0 fully saturated rings. The van der Waals surface area contributed by atoms with E-state index >= 15 is 0 Å². The third-order valence-corrected chi connectivity index (χ3v) is 9.60. The molecule has 0 saturated heterocycles. The van der Waals surface area contributed by atoms with Crippen LogP contribution in [0.2, 0.25) is 0 Å². The highest BCUT2D eigenvalue weighted by molar-refractivity contribution is 8.76. The zero-order valence-electron chi connectivity index (χ0n) is 13.3. The molecular formula is C18H22S6. The summed E-state index contributed by atoms with van der Waals surface area (Å²) in [6, 6.07) is 21.1. The molecule has 2 unspecified atom stereocenters. The Labute approximate surface area is 173 Å². The molecular weight excluding hydrogens is 409 g/mol. The number of hydrogen-bond acceptors (Lipinski definition) is 6. The monoisotopic (exact) mass is 430 g/mol. The minimum absolute atomic E-state index is 0.421. The van der Waals surface area contributed by atoms with Crippen molar-refractivity contribution >= 4 is 70.4 Å². The Hall–Kier alpha value is 0.540. The number of hydrogen-bond donors (Lipinski definition) is 2. The zero-order valence-corrected chi connectivity index (χ0v) is 18.3. The quantitative estimate of drug-likeness (QED) is 0.179. The second-order valence-corrected chi connectivity index (χ2v) is 11.3. The van der Waals surface area contributed by atoms with E-state index in [1.54, 1.807) is 0 Å². The van der Waals surface area contributed by atoms with Gasteiger partial charge in [0.15, 0.2) is 0 Å². The second-order valence-electron chi connectivity index (χ2n) is 5.12. The summed E-state index contributed by atoms with van der Waals surface area (Å²) in [5.74, 6) is 4.24. The molecule has 0 aliphatic carbocycles. The summed E-state index contributed by atoms with van der Waals surface area (Å²) in [6.07, 6.45) is 0. The Balaban J connectivity index is 1.50. The first-order chi connectivity index (χ1) is 11.7. The van der Waals surface area contributed by atoms with Crippen LogP contribution in [0.5, 0.6) is 0 Å². The van der Waals surface area contributed by atoms with Gasteiger partial charge in [-0.3, -0.25) is 0 Å². The molecule has 0 heterocycles. The third-order valence-electron chi connectivity index (χ3n) is 2.98. The fraction of sp³-hybridized carbons (Fsp3) is 0.333. The Morgan fingerprint density at radius 3 is 1.33 bits per heavy atom. The number of thioether (sulfide) groups is 2. The summed E-state index contributed by atoms with van der Waals surface area (Å²) in [5.41, 5.74) is 0. The lowest BCUT2D eigenvalue weighted by molar-refractivity contribution is 1.16. The van der Waals surface area contributed by atoms with Gasteiger partial charge in [0.1, 0.15) is 0 Å². The highest BCUT2D eigenvalue weighted by Crippen LogP contribution is 2.29. The van der Waals surface area contributed by atoms with Crippen molar-refractivity contribution in [1.29, 1.82) is 0 Å². The summed E-state index contributed by atoms with van der Waals surface area (Å²) in [4.78, 5) is 2.64. The highest BCUT2D eigenvalue weighted by atomic mass is 33.1. The molecule has 2 aromatic rings. The zero-order chi connectivity index (χ0) is 17.0. The van der Waals surface area contributed by atoms with Crippen molar-refractivity contribution in [3.8, 4) is 0 Å². The van der Waals surface area contributed by atoms with Gasteiger partial charge in [0.25, 0.3) is 0 Å². The number of thiol groups is 2. The Morgan fingerprint density at radius 2 is 0.958 bits per heavy atom. The minimum atomic E-state index is 0.421. The predicted octanol–water partition coefficient (Wildman–Crippen LogP) is 6.55. The average molecular weight is 431 g/mol. The maximum Gasteiger partial charge on any atom is 0.0210 e. The van der Waals surface area contributed by atoms with Crippen molar-refractivity contribution in [2.75, 3.05) is 23.0 Å². The summed E-state index contributed by atoms with van der Waals surface area (Å²) in [6.45, 7) is 0. The standard InChI is InChI=1S/C18H22S6/c19-15(11-21-17-7-3-1-4-8-17)13-23-24-14-16(20)12-22-18-9-5-2-6-10-18/h1-10,15-16,19-20H,11-14H2. The molecule has 0 aliphatic heterocycles. The van der Waals surface area contributed by atoms with Crippen molar-refractivity contribution in [3.05, 3.63) is 60.7 Å². The van der Waals surface area contributed by atoms with Gasteiger partial charge in [-0.2, -0.15) is 25.3 Å². The molecule has 2 atom stereocenters. The van der Waals surface area contributed by atoms with Gasteiger partial charge in [-0.25, -0.2) is 0 Å². The topological polar surface area (TPSA) is 0 Å². The van der Waals surface area contributed by atoms with Crippen molar-refractivity contribution in [2.24, 2.45) is 0 Å². The summed E-state index contributed by atoms with van der Waals surface area (Å²) in [7, 11) is 3.83. The SMILES string of the molecule is SC(CSSCC(S)CSc1ccccc1)CSc1ccccc1. The van der Waals surface area contributed by atoms with E-state index in [9.17, 15) is 0 Å². The first-order valence-electron chi connectivity index (χ1n) is 7.70. The van der Waals surface area contributed by atoms with E-state index in [1.807, 2.05) is 45.1 Å². The largest absolute Gasteiger partial charge is 0.174 e. The van der Waals surface area contributed by atoms with Gasteiger partial charge in [0.05, 0.1) is 0 Å². The van der Waals surface area contributed by atoms with E-state index in [0.29, 0.717) is 10.5 Å². The lowest BCUT2D eigenvalue weighted by Gasteiger charge is -2.12. The van der Waals surface area contributed by atoms with Crippen molar-refractivity contribution in [3.63, 3.8) is 0 Å². The van der Waals surface area contributed by atoms with Crippen LogP contribution < -0.4 is 0 Å². The van der Waals surface area contributed by atoms with Gasteiger partial charge < -0.3 is 0 Å². The van der Waals surface area contributed by atoms with Gasteiger partial charge in [-0.15, -0.1) is 23.5 Å². The van der Waals surface area contributed by atoms with E-state index in [2.05, 4.69) is 60.7 Å². The van der Waals surface area contributed by atoms with Crippen LogP contribution in [0.15, 0.2) is 70.5 Å². The van der Waals surface area contributed by atoms with Crippen LogP contribution in [0, 0.1) is 0 Å². The molecule has 0 saturated carbocycles. The van der Waals surface area contributed by atoms with Crippen LogP contribution in [0.3, 0.4) is 0 Å². The van der Waals surface area contributed by atoms with Crippen LogP contribution in [-0.2, 0) is 0 Å². The van der Waals surface area contributed by atoms with Gasteiger partial charge >= 0.3 is 0 Å². The van der Waals surface area contributed by atoms with Crippen molar-refractivity contribution in [1.82, 2.24) is 0 Å². The number of rotatable bonds is 11. The number of benzene rings is 2. The Kier molecular flexibility index (Phi) is 11.1. The van der Waals surface area contributed by atoms with Crippen molar-refractivity contribution in [2.45, 2.75) is 20.3 Å².